The van der Waals surface area contributed by atoms with E-state index in [0.717, 1.165) is 32.6 Å². The average molecular weight is 287 g/mol. The van der Waals surface area contributed by atoms with Crippen molar-refractivity contribution in [2.24, 2.45) is 0 Å². The van der Waals surface area contributed by atoms with Crippen molar-refractivity contribution < 1.29 is 9.50 Å². The van der Waals surface area contributed by atoms with E-state index in [0.29, 0.717) is 23.0 Å². The van der Waals surface area contributed by atoms with Gasteiger partial charge in [-0.05, 0) is 25.0 Å². The fraction of sp³-hybridized carbons (Fsp3) is 0.571. The van der Waals surface area contributed by atoms with Gasteiger partial charge in [-0.2, -0.15) is 0 Å². The van der Waals surface area contributed by atoms with Crippen molar-refractivity contribution in [1.29, 1.82) is 0 Å². The molecule has 106 valence electrons. The molecule has 0 aliphatic carbocycles. The Balaban J connectivity index is 1.96. The second kappa shape index (κ2) is 7.20. The van der Waals surface area contributed by atoms with Crippen LogP contribution >= 0.6 is 11.6 Å². The SMILES string of the molecule is OCC[C@@H]1CNCCN1CCc1c(F)cccc1Cl. The summed E-state index contributed by atoms with van der Waals surface area (Å²) in [7, 11) is 0. The molecule has 2 rings (SSSR count). The lowest BCUT2D eigenvalue weighted by atomic mass is 10.1. The van der Waals surface area contributed by atoms with Crippen molar-refractivity contribution >= 4 is 11.6 Å². The van der Waals surface area contributed by atoms with Crippen LogP contribution in [0.4, 0.5) is 4.39 Å². The summed E-state index contributed by atoms with van der Waals surface area (Å²) in [6.07, 6.45) is 1.35. The van der Waals surface area contributed by atoms with Crippen LogP contribution in [0.25, 0.3) is 0 Å². The van der Waals surface area contributed by atoms with E-state index in [1.165, 1.54) is 6.07 Å². The quantitative estimate of drug-likeness (QED) is 0.864. The van der Waals surface area contributed by atoms with Crippen LogP contribution in [-0.4, -0.2) is 48.8 Å². The Morgan fingerprint density at radius 1 is 1.47 bits per heavy atom. The molecule has 0 spiro atoms. The Labute approximate surface area is 118 Å². The van der Waals surface area contributed by atoms with E-state index in [2.05, 4.69) is 10.2 Å². The van der Waals surface area contributed by atoms with Gasteiger partial charge in [0.2, 0.25) is 0 Å². The minimum Gasteiger partial charge on any atom is -0.396 e. The van der Waals surface area contributed by atoms with Crippen LogP contribution in [0, 0.1) is 5.82 Å². The largest absolute Gasteiger partial charge is 0.396 e. The molecule has 1 saturated heterocycles. The highest BCUT2D eigenvalue weighted by Crippen LogP contribution is 2.20. The number of aliphatic hydroxyl groups is 1. The zero-order valence-corrected chi connectivity index (χ0v) is 11.7. The predicted octanol–water partition coefficient (Wildman–Crippen LogP) is 1.68. The molecule has 0 bridgehead atoms. The summed E-state index contributed by atoms with van der Waals surface area (Å²) < 4.78 is 13.7. The first-order chi connectivity index (χ1) is 9.22. The van der Waals surface area contributed by atoms with Gasteiger partial charge in [0, 0.05) is 49.4 Å². The fourth-order valence-corrected chi connectivity index (χ4v) is 2.82. The highest BCUT2D eigenvalue weighted by Gasteiger charge is 2.21. The fourth-order valence-electron chi connectivity index (χ4n) is 2.56. The van der Waals surface area contributed by atoms with Crippen molar-refractivity contribution in [3.05, 3.63) is 34.6 Å². The second-order valence-electron chi connectivity index (χ2n) is 4.86. The Kier molecular flexibility index (Phi) is 5.58. The molecule has 0 amide bonds. The van der Waals surface area contributed by atoms with Crippen LogP contribution in [-0.2, 0) is 6.42 Å². The molecule has 5 heteroatoms. The molecule has 1 fully saturated rings. The summed E-state index contributed by atoms with van der Waals surface area (Å²) in [5.74, 6) is -0.235. The maximum atomic E-state index is 13.7. The van der Waals surface area contributed by atoms with E-state index in [-0.39, 0.29) is 12.4 Å². The van der Waals surface area contributed by atoms with Crippen LogP contribution < -0.4 is 5.32 Å². The van der Waals surface area contributed by atoms with E-state index in [9.17, 15) is 4.39 Å². The molecule has 19 heavy (non-hydrogen) atoms. The van der Waals surface area contributed by atoms with Crippen LogP contribution in [0.5, 0.6) is 0 Å². The molecule has 1 atom stereocenters. The molecule has 1 aliphatic rings. The number of rotatable bonds is 5. The number of aliphatic hydroxyl groups excluding tert-OH is 1. The highest BCUT2D eigenvalue weighted by molar-refractivity contribution is 6.31. The van der Waals surface area contributed by atoms with Gasteiger partial charge in [0.15, 0.2) is 0 Å². The molecule has 0 unspecified atom stereocenters. The van der Waals surface area contributed by atoms with E-state index >= 15 is 0 Å². The van der Waals surface area contributed by atoms with Gasteiger partial charge < -0.3 is 10.4 Å². The van der Waals surface area contributed by atoms with Crippen LogP contribution in [0.2, 0.25) is 5.02 Å². The van der Waals surface area contributed by atoms with Crippen LogP contribution in [0.3, 0.4) is 0 Å². The smallest absolute Gasteiger partial charge is 0.127 e. The normalized spacial score (nSPS) is 20.7. The summed E-state index contributed by atoms with van der Waals surface area (Å²) in [6.45, 7) is 3.70. The lowest BCUT2D eigenvalue weighted by molar-refractivity contribution is 0.131. The van der Waals surface area contributed by atoms with Crippen LogP contribution in [0.1, 0.15) is 12.0 Å². The molecule has 0 radical (unpaired) electrons. The molecule has 0 aromatic heterocycles. The standard InChI is InChI=1S/C14H20ClFN2O/c15-13-2-1-3-14(16)12(13)4-7-18-8-6-17-10-11(18)5-9-19/h1-3,11,17,19H,4-10H2/t11-/m1/s1. The lowest BCUT2D eigenvalue weighted by Gasteiger charge is -2.36. The van der Waals surface area contributed by atoms with E-state index < -0.39 is 0 Å². The Hall–Kier alpha value is -0.680. The topological polar surface area (TPSA) is 35.5 Å². The molecule has 0 saturated carbocycles. The van der Waals surface area contributed by atoms with Crippen molar-refractivity contribution in [1.82, 2.24) is 10.2 Å². The summed E-state index contributed by atoms with van der Waals surface area (Å²) >= 11 is 6.03. The minimum absolute atomic E-state index is 0.184. The first kappa shape index (κ1) is 14.7. The van der Waals surface area contributed by atoms with Gasteiger partial charge in [-0.1, -0.05) is 17.7 Å². The van der Waals surface area contributed by atoms with Crippen molar-refractivity contribution in [3.63, 3.8) is 0 Å². The Bertz CT molecular complexity index is 394. The third-order valence-corrected chi connectivity index (χ3v) is 4.00. The first-order valence-electron chi connectivity index (χ1n) is 6.71. The number of hydrogen-bond donors (Lipinski definition) is 2. The third kappa shape index (κ3) is 3.89. The molecular weight excluding hydrogens is 267 g/mol. The van der Waals surface area contributed by atoms with Gasteiger partial charge in [-0.15, -0.1) is 0 Å². The Morgan fingerprint density at radius 2 is 2.32 bits per heavy atom. The number of benzene rings is 1. The predicted molar refractivity (Wildman–Crippen MR) is 75.0 cm³/mol. The summed E-state index contributed by atoms with van der Waals surface area (Å²) in [5.41, 5.74) is 0.588. The zero-order chi connectivity index (χ0) is 13.7. The second-order valence-corrected chi connectivity index (χ2v) is 5.26. The molecule has 1 heterocycles. The summed E-state index contributed by atoms with van der Waals surface area (Å²) in [5, 5.41) is 12.9. The molecule has 3 nitrogen and oxygen atoms in total. The lowest BCUT2D eigenvalue weighted by Crippen LogP contribution is -2.52. The zero-order valence-electron chi connectivity index (χ0n) is 10.9. The van der Waals surface area contributed by atoms with Gasteiger partial charge in [0.25, 0.3) is 0 Å². The van der Waals surface area contributed by atoms with Gasteiger partial charge >= 0.3 is 0 Å². The number of nitrogens with zero attached hydrogens (tertiary/aromatic N) is 1. The van der Waals surface area contributed by atoms with Crippen molar-refractivity contribution in [2.75, 3.05) is 32.8 Å². The molecule has 1 aromatic rings. The Morgan fingerprint density at radius 3 is 3.05 bits per heavy atom. The number of nitrogens with one attached hydrogen (secondary N) is 1. The van der Waals surface area contributed by atoms with E-state index in [1.54, 1.807) is 12.1 Å². The summed E-state index contributed by atoms with van der Waals surface area (Å²) in [6, 6.07) is 5.12. The van der Waals surface area contributed by atoms with Gasteiger partial charge in [0.1, 0.15) is 5.82 Å². The summed E-state index contributed by atoms with van der Waals surface area (Å²) in [4.78, 5) is 2.30. The van der Waals surface area contributed by atoms with Crippen LogP contribution in [0.15, 0.2) is 18.2 Å². The van der Waals surface area contributed by atoms with Crippen molar-refractivity contribution in [3.8, 4) is 0 Å². The monoisotopic (exact) mass is 286 g/mol. The molecule has 1 aromatic carbocycles. The number of piperazine rings is 1. The van der Waals surface area contributed by atoms with Gasteiger partial charge in [-0.3, -0.25) is 4.90 Å². The molecule has 1 aliphatic heterocycles. The van der Waals surface area contributed by atoms with E-state index in [4.69, 9.17) is 16.7 Å². The maximum absolute atomic E-state index is 13.7. The van der Waals surface area contributed by atoms with Crippen molar-refractivity contribution in [2.45, 2.75) is 18.9 Å². The van der Waals surface area contributed by atoms with Gasteiger partial charge in [-0.25, -0.2) is 4.39 Å². The van der Waals surface area contributed by atoms with Gasteiger partial charge in [0.05, 0.1) is 0 Å². The maximum Gasteiger partial charge on any atom is 0.127 e. The third-order valence-electron chi connectivity index (χ3n) is 3.65. The number of hydrogen-bond acceptors (Lipinski definition) is 3. The number of halogens is 2. The minimum atomic E-state index is -0.235. The first-order valence-corrected chi connectivity index (χ1v) is 7.08. The average Bonchev–Trinajstić information content (AvgIpc) is 2.40. The molecule has 2 N–H and O–H groups in total. The van der Waals surface area contributed by atoms with E-state index in [1.807, 2.05) is 0 Å². The molecular formula is C14H20ClFN2O. The highest BCUT2D eigenvalue weighted by atomic mass is 35.5.